The summed E-state index contributed by atoms with van der Waals surface area (Å²) in [5, 5.41) is 6.78. The number of carbonyl (C=O) groups excluding carboxylic acids is 3. The van der Waals surface area contributed by atoms with E-state index in [1.165, 1.54) is 11.1 Å². The van der Waals surface area contributed by atoms with Gasteiger partial charge in [0.25, 0.3) is 5.91 Å². The lowest BCUT2D eigenvalue weighted by Gasteiger charge is -2.27. The lowest BCUT2D eigenvalue weighted by atomic mass is 10.1. The SMILES string of the molecule is Cc1c(C(=O)OCC(=O)N2c3ccccc3NC(=O)C[C@H]2C)cnn1C. The Balaban J connectivity index is 1.77. The summed E-state index contributed by atoms with van der Waals surface area (Å²) in [7, 11) is 1.72. The first-order valence-corrected chi connectivity index (χ1v) is 8.25. The zero-order chi connectivity index (χ0) is 18.8. The van der Waals surface area contributed by atoms with Crippen molar-refractivity contribution >= 4 is 29.2 Å². The molecule has 26 heavy (non-hydrogen) atoms. The number of aryl methyl sites for hydroxylation is 1. The number of carbonyl (C=O) groups is 3. The second-order valence-electron chi connectivity index (χ2n) is 6.23. The van der Waals surface area contributed by atoms with Crippen LogP contribution in [-0.2, 0) is 21.4 Å². The molecule has 136 valence electrons. The van der Waals surface area contributed by atoms with Crippen molar-refractivity contribution in [2.45, 2.75) is 26.3 Å². The van der Waals surface area contributed by atoms with Crippen LogP contribution in [0.2, 0.25) is 0 Å². The number of nitrogens with zero attached hydrogens (tertiary/aromatic N) is 3. The summed E-state index contributed by atoms with van der Waals surface area (Å²) < 4.78 is 6.74. The van der Waals surface area contributed by atoms with Crippen LogP contribution in [0.25, 0.3) is 0 Å². The molecular weight excluding hydrogens is 336 g/mol. The Bertz CT molecular complexity index is 874. The molecule has 1 aliphatic rings. The van der Waals surface area contributed by atoms with Crippen LogP contribution in [0.5, 0.6) is 0 Å². The Kier molecular flexibility index (Phi) is 4.75. The number of rotatable bonds is 3. The number of anilines is 2. The average molecular weight is 356 g/mol. The topological polar surface area (TPSA) is 93.5 Å². The quantitative estimate of drug-likeness (QED) is 0.844. The Morgan fingerprint density at radius 3 is 2.77 bits per heavy atom. The molecule has 0 fully saturated rings. The van der Waals surface area contributed by atoms with Gasteiger partial charge >= 0.3 is 5.97 Å². The molecule has 2 amide bonds. The van der Waals surface area contributed by atoms with E-state index in [2.05, 4.69) is 10.4 Å². The van der Waals surface area contributed by atoms with Gasteiger partial charge in [-0.05, 0) is 26.0 Å². The Morgan fingerprint density at radius 2 is 2.08 bits per heavy atom. The van der Waals surface area contributed by atoms with Crippen LogP contribution in [0.15, 0.2) is 30.5 Å². The second-order valence-corrected chi connectivity index (χ2v) is 6.23. The number of aromatic nitrogens is 2. The molecule has 0 saturated carbocycles. The van der Waals surface area contributed by atoms with Crippen molar-refractivity contribution in [2.24, 2.45) is 7.05 Å². The highest BCUT2D eigenvalue weighted by molar-refractivity contribution is 6.05. The van der Waals surface area contributed by atoms with E-state index in [-0.39, 0.29) is 18.4 Å². The summed E-state index contributed by atoms with van der Waals surface area (Å²) in [6, 6.07) is 6.70. The molecule has 0 saturated heterocycles. The van der Waals surface area contributed by atoms with E-state index in [4.69, 9.17) is 4.74 Å². The third-order valence-electron chi connectivity index (χ3n) is 4.41. The Labute approximate surface area is 150 Å². The molecule has 1 aliphatic heterocycles. The third-order valence-corrected chi connectivity index (χ3v) is 4.41. The number of hydrogen-bond acceptors (Lipinski definition) is 5. The van der Waals surface area contributed by atoms with Crippen LogP contribution in [-0.4, -0.2) is 40.2 Å². The van der Waals surface area contributed by atoms with Crippen molar-refractivity contribution in [3.05, 3.63) is 41.7 Å². The van der Waals surface area contributed by atoms with Gasteiger partial charge in [0.2, 0.25) is 5.91 Å². The lowest BCUT2D eigenvalue weighted by Crippen LogP contribution is -2.41. The minimum Gasteiger partial charge on any atom is -0.452 e. The highest BCUT2D eigenvalue weighted by atomic mass is 16.5. The molecule has 3 rings (SSSR count). The zero-order valence-electron chi connectivity index (χ0n) is 14.9. The Morgan fingerprint density at radius 1 is 1.35 bits per heavy atom. The van der Waals surface area contributed by atoms with Gasteiger partial charge in [0.05, 0.1) is 17.6 Å². The van der Waals surface area contributed by atoms with E-state index in [0.717, 1.165) is 0 Å². The molecule has 0 unspecified atom stereocenters. The first-order chi connectivity index (χ1) is 12.4. The van der Waals surface area contributed by atoms with Gasteiger partial charge < -0.3 is 15.0 Å². The van der Waals surface area contributed by atoms with Crippen LogP contribution in [0.3, 0.4) is 0 Å². The maximum atomic E-state index is 12.7. The summed E-state index contributed by atoms with van der Waals surface area (Å²) in [5.41, 5.74) is 2.13. The summed E-state index contributed by atoms with van der Waals surface area (Å²) >= 11 is 0. The molecule has 0 radical (unpaired) electrons. The van der Waals surface area contributed by atoms with E-state index < -0.39 is 18.5 Å². The molecule has 2 aromatic rings. The number of para-hydroxylation sites is 2. The normalized spacial score (nSPS) is 16.5. The van der Waals surface area contributed by atoms with Gasteiger partial charge in [0, 0.05) is 25.2 Å². The van der Waals surface area contributed by atoms with Gasteiger partial charge in [-0.15, -0.1) is 0 Å². The van der Waals surface area contributed by atoms with E-state index in [1.54, 1.807) is 49.8 Å². The van der Waals surface area contributed by atoms with Gasteiger partial charge in [-0.1, -0.05) is 12.1 Å². The minimum absolute atomic E-state index is 0.163. The van der Waals surface area contributed by atoms with Gasteiger partial charge in [-0.25, -0.2) is 4.79 Å². The predicted molar refractivity (Wildman–Crippen MR) is 94.9 cm³/mol. The molecule has 0 spiro atoms. The van der Waals surface area contributed by atoms with Gasteiger partial charge in [0.1, 0.15) is 5.56 Å². The molecule has 8 heteroatoms. The number of hydrogen-bond donors (Lipinski definition) is 1. The molecular formula is C18H20N4O4. The average Bonchev–Trinajstić information content (AvgIpc) is 2.86. The first-order valence-electron chi connectivity index (χ1n) is 8.25. The maximum absolute atomic E-state index is 12.7. The smallest absolute Gasteiger partial charge is 0.342 e. The summed E-state index contributed by atoms with van der Waals surface area (Å²) in [6.45, 7) is 3.11. The van der Waals surface area contributed by atoms with Crippen molar-refractivity contribution < 1.29 is 19.1 Å². The summed E-state index contributed by atoms with van der Waals surface area (Å²) in [6.07, 6.45) is 1.57. The summed E-state index contributed by atoms with van der Waals surface area (Å²) in [5.74, 6) is -1.16. The maximum Gasteiger partial charge on any atom is 0.342 e. The largest absolute Gasteiger partial charge is 0.452 e. The fourth-order valence-electron chi connectivity index (χ4n) is 2.94. The monoisotopic (exact) mass is 356 g/mol. The van der Waals surface area contributed by atoms with Gasteiger partial charge in [-0.2, -0.15) is 5.10 Å². The molecule has 1 aromatic heterocycles. The van der Waals surface area contributed by atoms with E-state index >= 15 is 0 Å². The van der Waals surface area contributed by atoms with E-state index in [1.807, 2.05) is 0 Å². The lowest BCUT2D eigenvalue weighted by molar-refractivity contribution is -0.122. The highest BCUT2D eigenvalue weighted by Crippen LogP contribution is 2.31. The molecule has 1 N–H and O–H groups in total. The van der Waals surface area contributed by atoms with Crippen LogP contribution in [0.4, 0.5) is 11.4 Å². The van der Waals surface area contributed by atoms with E-state index in [0.29, 0.717) is 22.6 Å². The zero-order valence-corrected chi connectivity index (χ0v) is 14.9. The van der Waals surface area contributed by atoms with Crippen molar-refractivity contribution in [3.63, 3.8) is 0 Å². The van der Waals surface area contributed by atoms with Crippen LogP contribution >= 0.6 is 0 Å². The van der Waals surface area contributed by atoms with E-state index in [9.17, 15) is 14.4 Å². The fraction of sp³-hybridized carbons (Fsp3) is 0.333. The van der Waals surface area contributed by atoms with Crippen LogP contribution < -0.4 is 10.2 Å². The second kappa shape index (κ2) is 6.99. The number of ether oxygens (including phenoxy) is 1. The molecule has 8 nitrogen and oxygen atoms in total. The predicted octanol–water partition coefficient (Wildman–Crippen LogP) is 1.65. The van der Waals surface area contributed by atoms with Crippen LogP contribution in [0.1, 0.15) is 29.4 Å². The van der Waals surface area contributed by atoms with Crippen molar-refractivity contribution in [3.8, 4) is 0 Å². The van der Waals surface area contributed by atoms with Crippen molar-refractivity contribution in [1.82, 2.24) is 9.78 Å². The number of nitrogens with one attached hydrogen (secondary N) is 1. The fourth-order valence-corrected chi connectivity index (χ4v) is 2.94. The summed E-state index contributed by atoms with van der Waals surface area (Å²) in [4.78, 5) is 38.4. The minimum atomic E-state index is -0.603. The molecule has 0 aliphatic carbocycles. The van der Waals surface area contributed by atoms with Crippen molar-refractivity contribution in [1.29, 1.82) is 0 Å². The van der Waals surface area contributed by atoms with Gasteiger partial charge in [-0.3, -0.25) is 14.3 Å². The molecule has 2 heterocycles. The number of amides is 2. The standard InChI is InChI=1S/C18H20N4O4/c1-11-8-16(23)20-14-6-4-5-7-15(14)22(11)17(24)10-26-18(25)13-9-19-21(3)12(13)2/h4-7,9,11H,8,10H2,1-3H3,(H,20,23)/t11-/m1/s1. The molecule has 0 bridgehead atoms. The number of benzene rings is 1. The van der Waals surface area contributed by atoms with Gasteiger partial charge in [0.15, 0.2) is 6.61 Å². The highest BCUT2D eigenvalue weighted by Gasteiger charge is 2.30. The van der Waals surface area contributed by atoms with Crippen molar-refractivity contribution in [2.75, 3.05) is 16.8 Å². The Hall–Kier alpha value is -3.16. The first kappa shape index (κ1) is 17.7. The number of fused-ring (bicyclic) bond motifs is 1. The molecule has 1 aromatic carbocycles. The van der Waals surface area contributed by atoms with Crippen LogP contribution in [0, 0.1) is 6.92 Å². The number of esters is 1. The third kappa shape index (κ3) is 3.30. The molecule has 1 atom stereocenters.